The number of likely N-dealkylation sites (tertiary alicyclic amines) is 1. The summed E-state index contributed by atoms with van der Waals surface area (Å²) in [5.74, 6) is -1.91. The van der Waals surface area contributed by atoms with Crippen molar-refractivity contribution in [2.45, 2.75) is 13.3 Å². The van der Waals surface area contributed by atoms with Gasteiger partial charge in [0.1, 0.15) is 0 Å². The zero-order valence-corrected chi connectivity index (χ0v) is 10.9. The van der Waals surface area contributed by atoms with Gasteiger partial charge in [0.15, 0.2) is 0 Å². The van der Waals surface area contributed by atoms with E-state index in [2.05, 4.69) is 4.98 Å². The summed E-state index contributed by atoms with van der Waals surface area (Å²) in [7, 11) is 0. The molecular formula is C12H15N3O5. The maximum atomic E-state index is 12.0. The normalized spacial score (nSPS) is 21.9. The minimum atomic E-state index is -0.919. The smallest absolute Gasteiger partial charge is 0.325 e. The van der Waals surface area contributed by atoms with Crippen molar-refractivity contribution in [2.24, 2.45) is 11.8 Å². The van der Waals surface area contributed by atoms with Gasteiger partial charge in [0.25, 0.3) is 5.56 Å². The molecule has 0 radical (unpaired) electrons. The molecule has 8 nitrogen and oxygen atoms in total. The number of carboxylic acid groups (broad SMARTS) is 1. The molecule has 2 heterocycles. The first kappa shape index (κ1) is 14.0. The number of carbonyl (C=O) groups excluding carboxylic acids is 1. The maximum Gasteiger partial charge on any atom is 0.325 e. The average Bonchev–Trinajstić information content (AvgIpc) is 2.70. The lowest BCUT2D eigenvalue weighted by Gasteiger charge is -2.15. The number of hydrogen-bond acceptors (Lipinski definition) is 4. The molecule has 0 spiro atoms. The monoisotopic (exact) mass is 281 g/mol. The SMILES string of the molecule is C[C@@H]1CN(C(=O)Cc2cc(=O)[nH]c(=O)[nH]2)C[C@H]1C(=O)O. The van der Waals surface area contributed by atoms with Gasteiger partial charge in [-0.1, -0.05) is 6.92 Å². The van der Waals surface area contributed by atoms with Gasteiger partial charge in [-0.15, -0.1) is 0 Å². The van der Waals surface area contributed by atoms with E-state index in [9.17, 15) is 19.2 Å². The molecule has 20 heavy (non-hydrogen) atoms. The second-order valence-electron chi connectivity index (χ2n) is 5.01. The number of hydrogen-bond donors (Lipinski definition) is 3. The lowest BCUT2D eigenvalue weighted by atomic mass is 9.99. The van der Waals surface area contributed by atoms with Crippen LogP contribution in [-0.4, -0.2) is 44.9 Å². The second kappa shape index (κ2) is 5.32. The second-order valence-corrected chi connectivity index (χ2v) is 5.01. The van der Waals surface area contributed by atoms with Crippen LogP contribution in [0.4, 0.5) is 0 Å². The Morgan fingerprint density at radius 2 is 2.05 bits per heavy atom. The summed E-state index contributed by atoms with van der Waals surface area (Å²) in [4.78, 5) is 51.1. The van der Waals surface area contributed by atoms with Crippen molar-refractivity contribution in [3.63, 3.8) is 0 Å². The summed E-state index contributed by atoms with van der Waals surface area (Å²) in [5.41, 5.74) is -1.02. The molecular weight excluding hydrogens is 266 g/mol. The van der Waals surface area contributed by atoms with Crippen LogP contribution >= 0.6 is 0 Å². The molecule has 2 rings (SSSR count). The van der Waals surface area contributed by atoms with Crippen LogP contribution in [-0.2, 0) is 16.0 Å². The van der Waals surface area contributed by atoms with Crippen molar-refractivity contribution >= 4 is 11.9 Å². The number of carbonyl (C=O) groups is 2. The van der Waals surface area contributed by atoms with E-state index in [0.29, 0.717) is 6.54 Å². The largest absolute Gasteiger partial charge is 0.481 e. The molecule has 1 aromatic rings. The van der Waals surface area contributed by atoms with Gasteiger partial charge < -0.3 is 15.0 Å². The number of aromatic amines is 2. The van der Waals surface area contributed by atoms with E-state index >= 15 is 0 Å². The van der Waals surface area contributed by atoms with E-state index < -0.39 is 23.1 Å². The van der Waals surface area contributed by atoms with Crippen molar-refractivity contribution in [1.29, 1.82) is 0 Å². The minimum Gasteiger partial charge on any atom is -0.481 e. The highest BCUT2D eigenvalue weighted by atomic mass is 16.4. The van der Waals surface area contributed by atoms with Gasteiger partial charge in [-0.25, -0.2) is 4.79 Å². The van der Waals surface area contributed by atoms with Crippen LogP contribution in [0, 0.1) is 11.8 Å². The standard InChI is InChI=1S/C12H15N3O5/c1-6-4-15(5-8(6)11(18)19)10(17)3-7-2-9(16)14-12(20)13-7/h2,6,8H,3-5H2,1H3,(H,18,19)(H2,13,14,16,20)/t6-,8-/m1/s1. The number of nitrogens with zero attached hydrogens (tertiary/aromatic N) is 1. The molecule has 8 heteroatoms. The summed E-state index contributed by atoms with van der Waals surface area (Å²) in [6.07, 6.45) is -0.127. The first-order valence-electron chi connectivity index (χ1n) is 6.20. The zero-order valence-electron chi connectivity index (χ0n) is 10.9. The Balaban J connectivity index is 2.08. The third kappa shape index (κ3) is 2.95. The highest BCUT2D eigenvalue weighted by molar-refractivity contribution is 5.80. The molecule has 3 N–H and O–H groups in total. The van der Waals surface area contributed by atoms with E-state index in [-0.39, 0.29) is 30.5 Å². The summed E-state index contributed by atoms with van der Waals surface area (Å²) < 4.78 is 0. The van der Waals surface area contributed by atoms with Crippen molar-refractivity contribution in [1.82, 2.24) is 14.9 Å². The predicted octanol–water partition coefficient (Wildman–Crippen LogP) is -1.22. The van der Waals surface area contributed by atoms with E-state index in [4.69, 9.17) is 5.11 Å². The molecule has 0 aromatic carbocycles. The summed E-state index contributed by atoms with van der Waals surface area (Å²) in [6.45, 7) is 2.30. The first-order valence-corrected chi connectivity index (χ1v) is 6.20. The van der Waals surface area contributed by atoms with Gasteiger partial charge in [0.2, 0.25) is 5.91 Å². The maximum absolute atomic E-state index is 12.0. The van der Waals surface area contributed by atoms with Crippen LogP contribution in [0.1, 0.15) is 12.6 Å². The Hall–Kier alpha value is -2.38. The van der Waals surface area contributed by atoms with Crippen LogP contribution in [0.25, 0.3) is 0 Å². The van der Waals surface area contributed by atoms with Gasteiger partial charge in [0, 0.05) is 24.8 Å². The van der Waals surface area contributed by atoms with Crippen LogP contribution in [0.3, 0.4) is 0 Å². The number of aromatic nitrogens is 2. The molecule has 1 aliphatic rings. The Morgan fingerprint density at radius 1 is 1.35 bits per heavy atom. The fourth-order valence-electron chi connectivity index (χ4n) is 2.38. The highest BCUT2D eigenvalue weighted by Crippen LogP contribution is 2.23. The molecule has 0 saturated carbocycles. The van der Waals surface area contributed by atoms with Crippen molar-refractivity contribution in [3.05, 3.63) is 32.6 Å². The first-order chi connectivity index (χ1) is 9.36. The summed E-state index contributed by atoms with van der Waals surface area (Å²) in [6, 6.07) is 1.15. The molecule has 1 aliphatic heterocycles. The highest BCUT2D eigenvalue weighted by Gasteiger charge is 2.36. The third-order valence-corrected chi connectivity index (χ3v) is 3.44. The van der Waals surface area contributed by atoms with E-state index in [0.717, 1.165) is 6.07 Å². The molecule has 108 valence electrons. The van der Waals surface area contributed by atoms with Crippen molar-refractivity contribution in [2.75, 3.05) is 13.1 Å². The van der Waals surface area contributed by atoms with E-state index in [1.165, 1.54) is 4.90 Å². The third-order valence-electron chi connectivity index (χ3n) is 3.44. The van der Waals surface area contributed by atoms with E-state index in [1.54, 1.807) is 6.92 Å². The molecule has 0 unspecified atom stereocenters. The van der Waals surface area contributed by atoms with Gasteiger partial charge in [-0.3, -0.25) is 19.4 Å². The Kier molecular flexibility index (Phi) is 3.73. The van der Waals surface area contributed by atoms with Crippen molar-refractivity contribution < 1.29 is 14.7 Å². The number of aliphatic carboxylic acids is 1. The quantitative estimate of drug-likeness (QED) is 0.641. The Bertz CT molecular complexity index is 619. The molecule has 0 aliphatic carbocycles. The Labute approximate surface area is 113 Å². The summed E-state index contributed by atoms with van der Waals surface area (Å²) >= 11 is 0. The molecule has 1 fully saturated rings. The van der Waals surface area contributed by atoms with Crippen LogP contribution in [0.15, 0.2) is 15.7 Å². The van der Waals surface area contributed by atoms with E-state index in [1.807, 2.05) is 4.98 Å². The predicted molar refractivity (Wildman–Crippen MR) is 68.3 cm³/mol. The average molecular weight is 281 g/mol. The zero-order chi connectivity index (χ0) is 14.9. The number of nitrogens with one attached hydrogen (secondary N) is 2. The topological polar surface area (TPSA) is 123 Å². The molecule has 2 atom stereocenters. The number of rotatable bonds is 3. The van der Waals surface area contributed by atoms with Gasteiger partial charge in [-0.05, 0) is 5.92 Å². The van der Waals surface area contributed by atoms with Crippen molar-refractivity contribution in [3.8, 4) is 0 Å². The number of H-pyrrole nitrogens is 2. The fourth-order valence-corrected chi connectivity index (χ4v) is 2.38. The molecule has 1 amide bonds. The lowest BCUT2D eigenvalue weighted by Crippen LogP contribution is -2.33. The molecule has 1 saturated heterocycles. The minimum absolute atomic E-state index is 0.116. The van der Waals surface area contributed by atoms with Gasteiger partial charge in [0.05, 0.1) is 12.3 Å². The fraction of sp³-hybridized carbons (Fsp3) is 0.500. The van der Waals surface area contributed by atoms with Crippen LogP contribution in [0.2, 0.25) is 0 Å². The summed E-state index contributed by atoms with van der Waals surface area (Å²) in [5, 5.41) is 9.01. The van der Waals surface area contributed by atoms with Gasteiger partial charge >= 0.3 is 11.7 Å². The number of amides is 1. The van der Waals surface area contributed by atoms with Gasteiger partial charge in [-0.2, -0.15) is 0 Å². The lowest BCUT2D eigenvalue weighted by molar-refractivity contribution is -0.142. The van der Waals surface area contributed by atoms with Crippen LogP contribution in [0.5, 0.6) is 0 Å². The molecule has 1 aromatic heterocycles. The molecule has 0 bridgehead atoms. The van der Waals surface area contributed by atoms with Crippen LogP contribution < -0.4 is 11.2 Å². The number of carboxylic acids is 1. The Morgan fingerprint density at radius 3 is 2.60 bits per heavy atom.